The van der Waals surface area contributed by atoms with Gasteiger partial charge in [-0.2, -0.15) is 0 Å². The molecule has 0 aromatic heterocycles. The summed E-state index contributed by atoms with van der Waals surface area (Å²) in [6, 6.07) is 1.65. The van der Waals surface area contributed by atoms with Gasteiger partial charge in [0.15, 0.2) is 0 Å². The Hall–Kier alpha value is -0.0800. The molecular weight excluding hydrogens is 184 g/mol. The van der Waals surface area contributed by atoms with Gasteiger partial charge in [0.2, 0.25) is 0 Å². The molecule has 0 bridgehead atoms. The van der Waals surface area contributed by atoms with Crippen LogP contribution in [0.15, 0.2) is 0 Å². The Kier molecular flexibility index (Phi) is 4.04. The summed E-state index contributed by atoms with van der Waals surface area (Å²) in [4.78, 5) is 2.75. The molecule has 2 fully saturated rings. The van der Waals surface area contributed by atoms with E-state index in [0.717, 1.165) is 18.0 Å². The average Bonchev–Trinajstić information content (AvgIpc) is 2.86. The van der Waals surface area contributed by atoms with Crippen LogP contribution in [-0.4, -0.2) is 36.6 Å². The van der Waals surface area contributed by atoms with Gasteiger partial charge in [-0.05, 0) is 44.7 Å². The van der Waals surface area contributed by atoms with Crippen molar-refractivity contribution < 1.29 is 0 Å². The third-order valence-corrected chi connectivity index (χ3v) is 4.22. The van der Waals surface area contributed by atoms with Crippen LogP contribution in [0.1, 0.15) is 46.0 Å². The smallest absolute Gasteiger partial charge is 0.0249 e. The molecule has 0 aliphatic carbocycles. The Balaban J connectivity index is 1.86. The van der Waals surface area contributed by atoms with Gasteiger partial charge in [-0.3, -0.25) is 4.90 Å². The molecule has 0 saturated carbocycles. The predicted octanol–water partition coefficient (Wildman–Crippen LogP) is 2.25. The van der Waals surface area contributed by atoms with Gasteiger partial charge in [-0.25, -0.2) is 0 Å². The Morgan fingerprint density at radius 3 is 2.87 bits per heavy atom. The largest absolute Gasteiger partial charge is 0.312 e. The summed E-state index contributed by atoms with van der Waals surface area (Å²) in [5.41, 5.74) is 0. The van der Waals surface area contributed by atoms with E-state index < -0.39 is 0 Å². The van der Waals surface area contributed by atoms with Gasteiger partial charge in [0, 0.05) is 18.6 Å². The zero-order chi connectivity index (χ0) is 10.7. The molecule has 0 aromatic rings. The molecule has 1 N–H and O–H groups in total. The number of likely N-dealkylation sites (tertiary alicyclic amines) is 1. The average molecular weight is 210 g/mol. The minimum Gasteiger partial charge on any atom is -0.312 e. The Morgan fingerprint density at radius 2 is 2.20 bits per heavy atom. The van der Waals surface area contributed by atoms with Crippen LogP contribution in [0.5, 0.6) is 0 Å². The summed E-state index contributed by atoms with van der Waals surface area (Å²) >= 11 is 0. The van der Waals surface area contributed by atoms with Gasteiger partial charge in [0.05, 0.1) is 0 Å². The minimum atomic E-state index is 0.802. The molecule has 15 heavy (non-hydrogen) atoms. The van der Waals surface area contributed by atoms with Crippen LogP contribution in [-0.2, 0) is 0 Å². The van der Waals surface area contributed by atoms with Gasteiger partial charge in [-0.15, -0.1) is 0 Å². The molecule has 88 valence electrons. The van der Waals surface area contributed by atoms with Crippen molar-refractivity contribution in [1.29, 1.82) is 0 Å². The van der Waals surface area contributed by atoms with Crippen molar-refractivity contribution in [2.24, 2.45) is 5.92 Å². The van der Waals surface area contributed by atoms with Crippen LogP contribution >= 0.6 is 0 Å². The molecule has 0 spiro atoms. The van der Waals surface area contributed by atoms with E-state index in [4.69, 9.17) is 0 Å². The van der Waals surface area contributed by atoms with E-state index in [9.17, 15) is 0 Å². The first-order valence-corrected chi connectivity index (χ1v) is 6.78. The first-order valence-electron chi connectivity index (χ1n) is 6.78. The Bertz CT molecular complexity index is 187. The van der Waals surface area contributed by atoms with E-state index in [-0.39, 0.29) is 0 Å². The lowest BCUT2D eigenvalue weighted by molar-refractivity contribution is 0.187. The highest BCUT2D eigenvalue weighted by atomic mass is 15.2. The summed E-state index contributed by atoms with van der Waals surface area (Å²) in [6.45, 7) is 8.60. The fraction of sp³-hybridized carbons (Fsp3) is 1.00. The normalized spacial score (nSPS) is 34.8. The molecule has 0 aromatic carbocycles. The van der Waals surface area contributed by atoms with Crippen molar-refractivity contribution in [3.8, 4) is 0 Å². The minimum absolute atomic E-state index is 0.802. The zero-order valence-electron chi connectivity index (χ0n) is 10.3. The molecule has 0 amide bonds. The lowest BCUT2D eigenvalue weighted by atomic mass is 10.0. The Labute approximate surface area is 94.4 Å². The summed E-state index contributed by atoms with van der Waals surface area (Å²) in [5, 5.41) is 3.68. The van der Waals surface area contributed by atoms with Crippen LogP contribution in [0.4, 0.5) is 0 Å². The van der Waals surface area contributed by atoms with E-state index in [0.29, 0.717) is 0 Å². The lowest BCUT2D eigenvalue weighted by Crippen LogP contribution is -2.45. The summed E-state index contributed by atoms with van der Waals surface area (Å²) in [7, 11) is 0. The third-order valence-electron chi connectivity index (χ3n) is 4.22. The van der Waals surface area contributed by atoms with Crippen molar-refractivity contribution in [2.75, 3.05) is 19.6 Å². The molecule has 2 rings (SSSR count). The molecule has 2 nitrogen and oxygen atoms in total. The third kappa shape index (κ3) is 2.73. The zero-order valence-corrected chi connectivity index (χ0v) is 10.3. The number of hydrogen-bond acceptors (Lipinski definition) is 2. The van der Waals surface area contributed by atoms with E-state index in [1.807, 2.05) is 0 Å². The van der Waals surface area contributed by atoms with Gasteiger partial charge >= 0.3 is 0 Å². The molecule has 3 atom stereocenters. The van der Waals surface area contributed by atoms with Gasteiger partial charge in [0.25, 0.3) is 0 Å². The van der Waals surface area contributed by atoms with Crippen LogP contribution in [0.25, 0.3) is 0 Å². The van der Waals surface area contributed by atoms with E-state index in [2.05, 4.69) is 24.1 Å². The second-order valence-corrected chi connectivity index (χ2v) is 5.42. The van der Waals surface area contributed by atoms with Crippen molar-refractivity contribution in [1.82, 2.24) is 10.2 Å². The van der Waals surface area contributed by atoms with E-state index in [1.54, 1.807) is 0 Å². The maximum absolute atomic E-state index is 3.68. The first kappa shape index (κ1) is 11.4. The second kappa shape index (κ2) is 5.31. The molecule has 2 saturated heterocycles. The van der Waals surface area contributed by atoms with Crippen molar-refractivity contribution >= 4 is 0 Å². The lowest BCUT2D eigenvalue weighted by Gasteiger charge is -2.31. The molecular formula is C13H26N2. The van der Waals surface area contributed by atoms with Gasteiger partial charge in [0.1, 0.15) is 0 Å². The van der Waals surface area contributed by atoms with Crippen LogP contribution < -0.4 is 5.32 Å². The van der Waals surface area contributed by atoms with E-state index in [1.165, 1.54) is 51.7 Å². The standard InChI is InChI=1S/C13H26N2/c1-3-11(2)10-15-9-5-7-13(15)12-6-4-8-14-12/h11-14H,3-10H2,1-2H3. The molecule has 2 aliphatic heterocycles. The number of nitrogens with zero attached hydrogens (tertiary/aromatic N) is 1. The summed E-state index contributed by atoms with van der Waals surface area (Å²) < 4.78 is 0. The monoisotopic (exact) mass is 210 g/mol. The SMILES string of the molecule is CCC(C)CN1CCCC1C1CCCN1. The molecule has 2 aliphatic rings. The maximum atomic E-state index is 3.68. The molecule has 3 unspecified atom stereocenters. The molecule has 2 heterocycles. The molecule has 0 radical (unpaired) electrons. The van der Waals surface area contributed by atoms with Crippen molar-refractivity contribution in [3.05, 3.63) is 0 Å². The Morgan fingerprint density at radius 1 is 1.33 bits per heavy atom. The number of rotatable bonds is 4. The highest BCUT2D eigenvalue weighted by Crippen LogP contribution is 2.25. The topological polar surface area (TPSA) is 15.3 Å². The predicted molar refractivity (Wildman–Crippen MR) is 65.1 cm³/mol. The molecule has 2 heteroatoms. The first-order chi connectivity index (χ1) is 7.31. The van der Waals surface area contributed by atoms with Gasteiger partial charge < -0.3 is 5.32 Å². The summed E-state index contributed by atoms with van der Waals surface area (Å²) in [5.74, 6) is 0.868. The number of hydrogen-bond donors (Lipinski definition) is 1. The van der Waals surface area contributed by atoms with E-state index >= 15 is 0 Å². The highest BCUT2D eigenvalue weighted by Gasteiger charge is 2.33. The second-order valence-electron chi connectivity index (χ2n) is 5.42. The van der Waals surface area contributed by atoms with Crippen LogP contribution in [0, 0.1) is 5.92 Å². The summed E-state index contributed by atoms with van der Waals surface area (Å²) in [6.07, 6.45) is 6.95. The maximum Gasteiger partial charge on any atom is 0.0249 e. The fourth-order valence-electron chi connectivity index (χ4n) is 3.10. The fourth-order valence-corrected chi connectivity index (χ4v) is 3.10. The van der Waals surface area contributed by atoms with Gasteiger partial charge in [-0.1, -0.05) is 20.3 Å². The van der Waals surface area contributed by atoms with Crippen molar-refractivity contribution in [3.63, 3.8) is 0 Å². The van der Waals surface area contributed by atoms with Crippen LogP contribution in [0.2, 0.25) is 0 Å². The quantitative estimate of drug-likeness (QED) is 0.765. The highest BCUT2D eigenvalue weighted by molar-refractivity contribution is 4.92. The van der Waals surface area contributed by atoms with Crippen molar-refractivity contribution in [2.45, 2.75) is 58.0 Å². The number of nitrogens with one attached hydrogen (secondary N) is 1. The van der Waals surface area contributed by atoms with Crippen LogP contribution in [0.3, 0.4) is 0 Å².